The highest BCUT2D eigenvalue weighted by Gasteiger charge is 2.46. The third kappa shape index (κ3) is 2.62. The maximum atomic E-state index is 12.3. The first-order valence-electron chi connectivity index (χ1n) is 8.38. The van der Waals surface area contributed by atoms with Gasteiger partial charge in [0.1, 0.15) is 5.60 Å². The number of piperidine rings is 1. The van der Waals surface area contributed by atoms with Gasteiger partial charge in [0.05, 0.1) is 0 Å². The number of hydrogen-bond donors (Lipinski definition) is 0. The summed E-state index contributed by atoms with van der Waals surface area (Å²) < 4.78 is 5.53. The van der Waals surface area contributed by atoms with Crippen molar-refractivity contribution in [2.24, 2.45) is 5.92 Å². The average Bonchev–Trinajstić information content (AvgIpc) is 2.80. The number of nitrogens with zero attached hydrogens (tertiary/aromatic N) is 1. The van der Waals surface area contributed by atoms with Crippen molar-refractivity contribution >= 4 is 6.09 Å². The highest BCUT2D eigenvalue weighted by molar-refractivity contribution is 5.68. The van der Waals surface area contributed by atoms with Crippen LogP contribution in [0.4, 0.5) is 4.79 Å². The van der Waals surface area contributed by atoms with Crippen molar-refractivity contribution in [2.45, 2.75) is 58.0 Å². The van der Waals surface area contributed by atoms with Gasteiger partial charge in [-0.05, 0) is 57.1 Å². The van der Waals surface area contributed by atoms with Gasteiger partial charge in [-0.15, -0.1) is 0 Å². The Morgan fingerprint density at radius 2 is 2.00 bits per heavy atom. The van der Waals surface area contributed by atoms with E-state index in [1.54, 1.807) is 0 Å². The van der Waals surface area contributed by atoms with Crippen LogP contribution in [0, 0.1) is 5.92 Å². The number of ether oxygens (including phenoxy) is 1. The van der Waals surface area contributed by atoms with E-state index >= 15 is 0 Å². The number of carbonyl (C=O) groups excluding carboxylic acids is 1. The average molecular weight is 301 g/mol. The number of hydrogen-bond acceptors (Lipinski definition) is 2. The van der Waals surface area contributed by atoms with Crippen molar-refractivity contribution in [3.63, 3.8) is 0 Å². The molecular weight excluding hydrogens is 274 g/mol. The smallest absolute Gasteiger partial charge is 0.410 e. The summed E-state index contributed by atoms with van der Waals surface area (Å²) in [4.78, 5) is 14.2. The molecule has 3 nitrogen and oxygen atoms in total. The van der Waals surface area contributed by atoms with E-state index in [4.69, 9.17) is 4.74 Å². The second-order valence-corrected chi connectivity index (χ2v) is 7.89. The molecule has 1 fully saturated rings. The molecule has 3 heteroatoms. The molecule has 2 atom stereocenters. The largest absolute Gasteiger partial charge is 0.444 e. The van der Waals surface area contributed by atoms with Gasteiger partial charge in [0, 0.05) is 18.5 Å². The predicted molar refractivity (Wildman–Crippen MR) is 88.0 cm³/mol. The molecule has 22 heavy (non-hydrogen) atoms. The molecule has 1 heterocycles. The highest BCUT2D eigenvalue weighted by atomic mass is 16.6. The molecule has 1 amide bonds. The van der Waals surface area contributed by atoms with Gasteiger partial charge in [-0.3, -0.25) is 0 Å². The van der Waals surface area contributed by atoms with E-state index in [-0.39, 0.29) is 11.5 Å². The van der Waals surface area contributed by atoms with Crippen LogP contribution in [0.5, 0.6) is 0 Å². The first-order chi connectivity index (χ1) is 10.3. The van der Waals surface area contributed by atoms with Gasteiger partial charge in [0.2, 0.25) is 0 Å². The van der Waals surface area contributed by atoms with Crippen molar-refractivity contribution in [1.82, 2.24) is 4.90 Å². The fourth-order valence-electron chi connectivity index (χ4n) is 4.16. The van der Waals surface area contributed by atoms with Crippen molar-refractivity contribution in [2.75, 3.05) is 13.1 Å². The molecular formula is C19H27NO2. The lowest BCUT2D eigenvalue weighted by atomic mass is 9.67. The lowest BCUT2D eigenvalue weighted by Crippen LogP contribution is -2.51. The summed E-state index contributed by atoms with van der Waals surface area (Å²) in [5, 5.41) is 0. The summed E-state index contributed by atoms with van der Waals surface area (Å²) in [5.74, 6) is 0.470. The summed E-state index contributed by atoms with van der Waals surface area (Å²) in [5.41, 5.74) is 2.86. The molecule has 1 aliphatic carbocycles. The minimum Gasteiger partial charge on any atom is -0.444 e. The lowest BCUT2D eigenvalue weighted by molar-refractivity contribution is 0.00767. The maximum Gasteiger partial charge on any atom is 0.410 e. The zero-order valence-corrected chi connectivity index (χ0v) is 14.2. The van der Waals surface area contributed by atoms with Crippen LogP contribution in [-0.4, -0.2) is 29.7 Å². The van der Waals surface area contributed by atoms with Crippen molar-refractivity contribution in [3.8, 4) is 0 Å². The molecule has 0 radical (unpaired) electrons. The molecule has 120 valence electrons. The molecule has 1 saturated heterocycles. The quantitative estimate of drug-likeness (QED) is 0.720. The molecule has 0 bridgehead atoms. The molecule has 0 N–H and O–H groups in total. The second-order valence-electron chi connectivity index (χ2n) is 7.89. The summed E-state index contributed by atoms with van der Waals surface area (Å²) in [6, 6.07) is 8.84. The standard InChI is InChI=1S/C19H27NO2/c1-14-13-20(17(21)22-18(2,3)4)12-11-19(14)10-9-15-7-5-6-8-16(15)19/h5-8,14H,9-13H2,1-4H3. The molecule has 1 aromatic rings. The van der Waals surface area contributed by atoms with Crippen LogP contribution in [0.15, 0.2) is 24.3 Å². The van der Waals surface area contributed by atoms with Crippen molar-refractivity contribution in [3.05, 3.63) is 35.4 Å². The molecule has 1 aliphatic heterocycles. The lowest BCUT2D eigenvalue weighted by Gasteiger charge is -2.45. The van der Waals surface area contributed by atoms with Crippen molar-refractivity contribution < 1.29 is 9.53 Å². The first-order valence-corrected chi connectivity index (χ1v) is 8.38. The Balaban J connectivity index is 1.75. The molecule has 0 saturated carbocycles. The van der Waals surface area contributed by atoms with Gasteiger partial charge in [0.25, 0.3) is 0 Å². The predicted octanol–water partition coefficient (Wildman–Crippen LogP) is 4.15. The maximum absolute atomic E-state index is 12.3. The van der Waals surface area contributed by atoms with Gasteiger partial charge < -0.3 is 9.64 Å². The summed E-state index contributed by atoms with van der Waals surface area (Å²) in [6.07, 6.45) is 3.27. The number of rotatable bonds is 0. The Hall–Kier alpha value is -1.51. The summed E-state index contributed by atoms with van der Waals surface area (Å²) in [7, 11) is 0. The van der Waals surface area contributed by atoms with Crippen LogP contribution in [0.25, 0.3) is 0 Å². The highest BCUT2D eigenvalue weighted by Crippen LogP contribution is 2.49. The topological polar surface area (TPSA) is 29.5 Å². The van der Waals surface area contributed by atoms with E-state index in [2.05, 4.69) is 31.2 Å². The number of aryl methyl sites for hydroxylation is 1. The first kappa shape index (κ1) is 15.4. The molecule has 1 aromatic carbocycles. The minimum atomic E-state index is -0.421. The van der Waals surface area contributed by atoms with Crippen LogP contribution < -0.4 is 0 Å². The monoisotopic (exact) mass is 301 g/mol. The zero-order valence-electron chi connectivity index (χ0n) is 14.2. The molecule has 2 unspecified atom stereocenters. The molecule has 2 aliphatic rings. The minimum absolute atomic E-state index is 0.166. The Labute approximate surface area is 133 Å². The van der Waals surface area contributed by atoms with Crippen LogP contribution in [-0.2, 0) is 16.6 Å². The Bertz CT molecular complexity index is 575. The van der Waals surface area contributed by atoms with Gasteiger partial charge in [-0.2, -0.15) is 0 Å². The molecule has 0 aromatic heterocycles. The van der Waals surface area contributed by atoms with Gasteiger partial charge in [0.15, 0.2) is 0 Å². The normalized spacial score (nSPS) is 27.8. The zero-order chi connectivity index (χ0) is 16.0. The fraction of sp³-hybridized carbons (Fsp3) is 0.632. The number of carbonyl (C=O) groups is 1. The van der Waals surface area contributed by atoms with Gasteiger partial charge >= 0.3 is 6.09 Å². The van der Waals surface area contributed by atoms with Crippen molar-refractivity contribution in [1.29, 1.82) is 0 Å². The third-order valence-electron chi connectivity index (χ3n) is 5.31. The van der Waals surface area contributed by atoms with Gasteiger partial charge in [-0.25, -0.2) is 4.79 Å². The Morgan fingerprint density at radius 3 is 2.68 bits per heavy atom. The van der Waals surface area contributed by atoms with E-state index in [1.165, 1.54) is 24.0 Å². The number of likely N-dealkylation sites (tertiary alicyclic amines) is 1. The van der Waals surface area contributed by atoms with E-state index in [9.17, 15) is 4.79 Å². The van der Waals surface area contributed by atoms with Crippen LogP contribution >= 0.6 is 0 Å². The fourth-order valence-corrected chi connectivity index (χ4v) is 4.16. The number of amides is 1. The second kappa shape index (κ2) is 5.29. The Kier molecular flexibility index (Phi) is 3.70. The SMILES string of the molecule is CC1CN(C(=O)OC(C)(C)C)CCC12CCc1ccccc12. The van der Waals surface area contributed by atoms with E-state index in [0.29, 0.717) is 5.92 Å². The van der Waals surface area contributed by atoms with E-state index in [1.807, 2.05) is 25.7 Å². The third-order valence-corrected chi connectivity index (χ3v) is 5.31. The summed E-state index contributed by atoms with van der Waals surface area (Å²) >= 11 is 0. The van der Waals surface area contributed by atoms with Crippen LogP contribution in [0.1, 0.15) is 51.7 Å². The van der Waals surface area contributed by atoms with Crippen LogP contribution in [0.2, 0.25) is 0 Å². The molecule has 1 spiro atoms. The van der Waals surface area contributed by atoms with E-state index < -0.39 is 5.60 Å². The Morgan fingerprint density at radius 1 is 1.27 bits per heavy atom. The van der Waals surface area contributed by atoms with E-state index in [0.717, 1.165) is 19.5 Å². The van der Waals surface area contributed by atoms with Gasteiger partial charge in [-0.1, -0.05) is 31.2 Å². The van der Waals surface area contributed by atoms with Crippen LogP contribution in [0.3, 0.4) is 0 Å². The number of fused-ring (bicyclic) bond motifs is 2. The summed E-state index contributed by atoms with van der Waals surface area (Å²) in [6.45, 7) is 9.66. The number of benzene rings is 1. The molecule has 3 rings (SSSR count).